The molecule has 1 heterocycles. The number of benzene rings is 1. The summed E-state index contributed by atoms with van der Waals surface area (Å²) < 4.78 is 11.2. The molecule has 0 aliphatic heterocycles. The van der Waals surface area contributed by atoms with Crippen LogP contribution < -0.4 is 10.1 Å². The molecule has 0 atom stereocenters. The molecule has 0 fully saturated rings. The summed E-state index contributed by atoms with van der Waals surface area (Å²) in [7, 11) is 0. The molecule has 6 heteroatoms. The summed E-state index contributed by atoms with van der Waals surface area (Å²) in [5.74, 6) is 1.65. The Labute approximate surface area is 166 Å². The van der Waals surface area contributed by atoms with Crippen molar-refractivity contribution in [1.29, 1.82) is 0 Å². The van der Waals surface area contributed by atoms with E-state index in [-0.39, 0.29) is 0 Å². The highest BCUT2D eigenvalue weighted by atomic mass is 35.5. The number of rotatable bonds is 6. The maximum Gasteiger partial charge on any atom is 0.413 e. The minimum absolute atomic E-state index is 0.424. The van der Waals surface area contributed by atoms with Gasteiger partial charge in [-0.25, -0.2) is 9.78 Å². The number of amides is 1. The van der Waals surface area contributed by atoms with Crippen molar-refractivity contribution in [1.82, 2.24) is 4.98 Å². The van der Waals surface area contributed by atoms with Gasteiger partial charge in [-0.15, -0.1) is 0 Å². The number of carbonyl (C=O) groups is 1. The van der Waals surface area contributed by atoms with Crippen molar-refractivity contribution in [3.8, 4) is 5.75 Å². The van der Waals surface area contributed by atoms with Gasteiger partial charge in [-0.3, -0.25) is 5.32 Å². The number of carbonyl (C=O) groups excluding carboxylic acids is 1. The average molecular weight is 391 g/mol. The smallest absolute Gasteiger partial charge is 0.413 e. The van der Waals surface area contributed by atoms with Crippen LogP contribution in [0, 0.1) is 5.92 Å². The van der Waals surface area contributed by atoms with Crippen LogP contribution in [0.5, 0.6) is 5.75 Å². The maximum atomic E-state index is 11.9. The van der Waals surface area contributed by atoms with Gasteiger partial charge in [-0.05, 0) is 57.0 Å². The summed E-state index contributed by atoms with van der Waals surface area (Å²) in [5, 5.41) is 3.30. The monoisotopic (exact) mass is 390 g/mol. The lowest BCUT2D eigenvalue weighted by molar-refractivity contribution is 0.0635. The van der Waals surface area contributed by atoms with Gasteiger partial charge in [0.05, 0.1) is 6.61 Å². The van der Waals surface area contributed by atoms with E-state index in [2.05, 4.69) is 24.1 Å². The molecule has 2 aromatic rings. The molecule has 0 saturated carbocycles. The molecule has 27 heavy (non-hydrogen) atoms. The molecular formula is C21H27ClN2O3. The number of hydrogen-bond donors (Lipinski definition) is 1. The highest BCUT2D eigenvalue weighted by molar-refractivity contribution is 6.30. The number of ether oxygens (including phenoxy) is 2. The van der Waals surface area contributed by atoms with Crippen molar-refractivity contribution < 1.29 is 14.3 Å². The molecule has 0 saturated heterocycles. The normalized spacial score (nSPS) is 11.4. The Morgan fingerprint density at radius 2 is 1.96 bits per heavy atom. The van der Waals surface area contributed by atoms with Gasteiger partial charge in [-0.1, -0.05) is 31.5 Å². The fourth-order valence-corrected chi connectivity index (χ4v) is 2.53. The first kappa shape index (κ1) is 21.0. The van der Waals surface area contributed by atoms with Gasteiger partial charge in [-0.2, -0.15) is 0 Å². The summed E-state index contributed by atoms with van der Waals surface area (Å²) in [6.45, 7) is 10.3. The van der Waals surface area contributed by atoms with E-state index in [0.29, 0.717) is 29.8 Å². The van der Waals surface area contributed by atoms with Gasteiger partial charge in [0, 0.05) is 22.7 Å². The molecule has 0 bridgehead atoms. The van der Waals surface area contributed by atoms with Crippen LogP contribution in [0.1, 0.15) is 45.9 Å². The highest BCUT2D eigenvalue weighted by Gasteiger charge is 2.16. The quantitative estimate of drug-likeness (QED) is 0.686. The SMILES string of the molecule is CC(C)COc1ccc(Cl)cc1Cc1cccc(NC(=O)OC(C)(C)C)n1. The van der Waals surface area contributed by atoms with E-state index in [0.717, 1.165) is 17.0 Å². The summed E-state index contributed by atoms with van der Waals surface area (Å²) in [5.41, 5.74) is 1.18. The topological polar surface area (TPSA) is 60.5 Å². The van der Waals surface area contributed by atoms with Crippen molar-refractivity contribution in [2.45, 2.75) is 46.6 Å². The summed E-state index contributed by atoms with van der Waals surface area (Å²) in [4.78, 5) is 16.4. The lowest BCUT2D eigenvalue weighted by atomic mass is 10.1. The van der Waals surface area contributed by atoms with Crippen LogP contribution in [0.3, 0.4) is 0 Å². The van der Waals surface area contributed by atoms with Gasteiger partial charge in [0.15, 0.2) is 0 Å². The van der Waals surface area contributed by atoms with E-state index in [4.69, 9.17) is 21.1 Å². The molecular weight excluding hydrogens is 364 g/mol. The zero-order valence-corrected chi connectivity index (χ0v) is 17.3. The third-order valence-electron chi connectivity index (χ3n) is 3.40. The second-order valence-electron chi connectivity index (χ2n) is 7.77. The van der Waals surface area contributed by atoms with Gasteiger partial charge in [0.2, 0.25) is 0 Å². The van der Waals surface area contributed by atoms with Crippen LogP contribution in [0.15, 0.2) is 36.4 Å². The lowest BCUT2D eigenvalue weighted by Crippen LogP contribution is -2.27. The molecule has 2 rings (SSSR count). The van der Waals surface area contributed by atoms with Gasteiger partial charge >= 0.3 is 6.09 Å². The fraction of sp³-hybridized carbons (Fsp3) is 0.429. The van der Waals surface area contributed by atoms with E-state index in [9.17, 15) is 4.79 Å². The molecule has 1 N–H and O–H groups in total. The van der Waals surface area contributed by atoms with Gasteiger partial charge in [0.1, 0.15) is 17.2 Å². The van der Waals surface area contributed by atoms with Crippen LogP contribution >= 0.6 is 11.6 Å². The largest absolute Gasteiger partial charge is 0.493 e. The van der Waals surface area contributed by atoms with Crippen LogP contribution in [0.4, 0.5) is 10.6 Å². The Morgan fingerprint density at radius 1 is 1.22 bits per heavy atom. The number of nitrogens with one attached hydrogen (secondary N) is 1. The molecule has 1 aromatic carbocycles. The maximum absolute atomic E-state index is 11.9. The summed E-state index contributed by atoms with van der Waals surface area (Å²) >= 11 is 6.16. The van der Waals surface area contributed by atoms with E-state index < -0.39 is 11.7 Å². The molecule has 5 nitrogen and oxygen atoms in total. The minimum Gasteiger partial charge on any atom is -0.493 e. The van der Waals surface area contributed by atoms with Gasteiger partial charge < -0.3 is 9.47 Å². The number of halogens is 1. The first-order valence-electron chi connectivity index (χ1n) is 8.99. The van der Waals surface area contributed by atoms with E-state index in [1.165, 1.54) is 0 Å². The van der Waals surface area contributed by atoms with Crippen LogP contribution in [-0.4, -0.2) is 23.3 Å². The summed E-state index contributed by atoms with van der Waals surface area (Å²) in [6.07, 6.45) is 0.00790. The number of pyridine rings is 1. The van der Waals surface area contributed by atoms with E-state index >= 15 is 0 Å². The van der Waals surface area contributed by atoms with Crippen molar-refractivity contribution in [3.63, 3.8) is 0 Å². The lowest BCUT2D eigenvalue weighted by Gasteiger charge is -2.19. The second-order valence-corrected chi connectivity index (χ2v) is 8.21. The summed E-state index contributed by atoms with van der Waals surface area (Å²) in [6, 6.07) is 11.0. The van der Waals surface area contributed by atoms with Crippen LogP contribution in [-0.2, 0) is 11.2 Å². The van der Waals surface area contributed by atoms with Crippen molar-refractivity contribution in [3.05, 3.63) is 52.7 Å². The first-order valence-corrected chi connectivity index (χ1v) is 9.37. The van der Waals surface area contributed by atoms with Crippen molar-refractivity contribution in [2.75, 3.05) is 11.9 Å². The Kier molecular flexibility index (Phi) is 7.08. The second kappa shape index (κ2) is 9.09. The predicted octanol–water partition coefficient (Wildman–Crippen LogP) is 5.71. The molecule has 0 spiro atoms. The number of hydrogen-bond acceptors (Lipinski definition) is 4. The molecule has 0 radical (unpaired) electrons. The third kappa shape index (κ3) is 7.47. The Morgan fingerprint density at radius 3 is 2.63 bits per heavy atom. The Balaban J connectivity index is 2.14. The predicted molar refractivity (Wildman–Crippen MR) is 109 cm³/mol. The van der Waals surface area contributed by atoms with E-state index in [1.807, 2.05) is 51.1 Å². The number of nitrogens with zero attached hydrogens (tertiary/aromatic N) is 1. The molecule has 1 aromatic heterocycles. The van der Waals surface area contributed by atoms with Crippen LogP contribution in [0.2, 0.25) is 5.02 Å². The Hall–Kier alpha value is -2.27. The fourth-order valence-electron chi connectivity index (χ4n) is 2.33. The van der Waals surface area contributed by atoms with Crippen molar-refractivity contribution >= 4 is 23.5 Å². The zero-order chi connectivity index (χ0) is 20.0. The first-order chi connectivity index (χ1) is 12.6. The average Bonchev–Trinajstić information content (AvgIpc) is 2.52. The standard InChI is InChI=1S/C21H27ClN2O3/c1-14(2)13-26-18-10-9-16(22)11-15(18)12-17-7-6-8-19(23-17)24-20(25)27-21(3,4)5/h6-11,14H,12-13H2,1-5H3,(H,23,24,25). The van der Waals surface area contributed by atoms with E-state index in [1.54, 1.807) is 6.07 Å². The minimum atomic E-state index is -0.564. The zero-order valence-electron chi connectivity index (χ0n) is 16.5. The molecule has 0 aliphatic rings. The number of anilines is 1. The molecule has 1 amide bonds. The Bertz CT molecular complexity index is 785. The van der Waals surface area contributed by atoms with Crippen molar-refractivity contribution in [2.24, 2.45) is 5.92 Å². The third-order valence-corrected chi connectivity index (χ3v) is 3.64. The molecule has 0 unspecified atom stereocenters. The van der Waals surface area contributed by atoms with Crippen LogP contribution in [0.25, 0.3) is 0 Å². The molecule has 0 aliphatic carbocycles. The van der Waals surface area contributed by atoms with Gasteiger partial charge in [0.25, 0.3) is 0 Å². The number of aromatic nitrogens is 1. The highest BCUT2D eigenvalue weighted by Crippen LogP contribution is 2.26. The molecule has 146 valence electrons.